The van der Waals surface area contributed by atoms with Gasteiger partial charge in [0.15, 0.2) is 0 Å². The number of nitrogens with one attached hydrogen (secondary N) is 1. The second-order valence-electron chi connectivity index (χ2n) is 6.81. The van der Waals surface area contributed by atoms with Crippen LogP contribution < -0.4 is 0 Å². The van der Waals surface area contributed by atoms with Crippen LogP contribution in [0.15, 0.2) is 6.07 Å². The molecule has 106 valence electrons. The van der Waals surface area contributed by atoms with Crippen LogP contribution in [0.5, 0.6) is 0 Å². The number of H-pyrrole nitrogens is 1. The molecule has 3 aliphatic heterocycles. The van der Waals surface area contributed by atoms with Crippen molar-refractivity contribution in [1.29, 1.82) is 0 Å². The van der Waals surface area contributed by atoms with Crippen LogP contribution in [0.25, 0.3) is 0 Å². The summed E-state index contributed by atoms with van der Waals surface area (Å²) in [5.74, 6) is 1.85. The fourth-order valence-electron chi connectivity index (χ4n) is 4.34. The monoisotopic (exact) mass is 273 g/mol. The number of fused-ring (bicyclic) bond motifs is 5. The van der Waals surface area contributed by atoms with Crippen LogP contribution >= 0.6 is 0 Å². The van der Waals surface area contributed by atoms with Crippen LogP contribution in [-0.4, -0.2) is 46.3 Å². The molecule has 0 aromatic carbocycles. The van der Waals surface area contributed by atoms with E-state index in [4.69, 9.17) is 4.74 Å². The molecular weight excluding hydrogens is 254 g/mol. The average molecular weight is 273 g/mol. The number of carbonyl (C=O) groups is 1. The highest BCUT2D eigenvalue weighted by Gasteiger charge is 2.53. The standard InChI is InChI=1S/C15H19N3O2/c19-15(12-5-11(16-17-12)8-1-2-8)18-6-9-10(7-18)14-4-3-13(9)20-14/h5,8-10,13-14H,1-4,6-7H2,(H,16,17)/t9-,10+,13+,14-. The normalized spacial score (nSPS) is 38.5. The zero-order chi connectivity index (χ0) is 13.3. The summed E-state index contributed by atoms with van der Waals surface area (Å²) in [6.45, 7) is 1.71. The number of aromatic amines is 1. The first-order chi connectivity index (χ1) is 9.79. The summed E-state index contributed by atoms with van der Waals surface area (Å²) in [5.41, 5.74) is 1.73. The smallest absolute Gasteiger partial charge is 0.274 e. The van der Waals surface area contributed by atoms with Crippen molar-refractivity contribution in [3.8, 4) is 0 Å². The van der Waals surface area contributed by atoms with Crippen LogP contribution in [0.2, 0.25) is 0 Å². The van der Waals surface area contributed by atoms with E-state index in [2.05, 4.69) is 10.2 Å². The molecule has 1 N–H and O–H groups in total. The lowest BCUT2D eigenvalue weighted by molar-refractivity contribution is 0.0591. The van der Waals surface area contributed by atoms with Gasteiger partial charge >= 0.3 is 0 Å². The summed E-state index contributed by atoms with van der Waals surface area (Å²) < 4.78 is 5.96. The minimum absolute atomic E-state index is 0.0990. The van der Waals surface area contributed by atoms with E-state index in [0.717, 1.165) is 18.8 Å². The van der Waals surface area contributed by atoms with Gasteiger partial charge in [-0.25, -0.2) is 0 Å². The Hall–Kier alpha value is -1.36. The van der Waals surface area contributed by atoms with Crippen molar-refractivity contribution < 1.29 is 9.53 Å². The van der Waals surface area contributed by atoms with E-state index in [1.807, 2.05) is 11.0 Å². The van der Waals surface area contributed by atoms with Gasteiger partial charge in [0.05, 0.1) is 12.2 Å². The van der Waals surface area contributed by atoms with Gasteiger partial charge in [-0.2, -0.15) is 5.10 Å². The molecule has 0 unspecified atom stereocenters. The van der Waals surface area contributed by atoms with Gasteiger partial charge in [-0.1, -0.05) is 0 Å². The Morgan fingerprint density at radius 1 is 1.20 bits per heavy atom. The second-order valence-corrected chi connectivity index (χ2v) is 6.81. The maximum absolute atomic E-state index is 12.6. The van der Waals surface area contributed by atoms with Crippen molar-refractivity contribution in [2.24, 2.45) is 11.8 Å². The van der Waals surface area contributed by atoms with Crippen molar-refractivity contribution in [1.82, 2.24) is 15.1 Å². The van der Waals surface area contributed by atoms with Crippen molar-refractivity contribution in [2.45, 2.75) is 43.8 Å². The van der Waals surface area contributed by atoms with Crippen LogP contribution in [0.3, 0.4) is 0 Å². The number of nitrogens with zero attached hydrogens (tertiary/aromatic N) is 2. The number of hydrogen-bond donors (Lipinski definition) is 1. The molecule has 4 fully saturated rings. The molecule has 4 aliphatic rings. The SMILES string of the molecule is O=C(c1cc(C2CC2)[nH]n1)N1C[C@@H]2[C@H](C1)[C@H]1CC[C@@H]2O1. The van der Waals surface area contributed by atoms with E-state index < -0.39 is 0 Å². The zero-order valence-corrected chi connectivity index (χ0v) is 11.4. The van der Waals surface area contributed by atoms with E-state index in [1.165, 1.54) is 25.7 Å². The van der Waals surface area contributed by atoms with Gasteiger partial charge in [0.25, 0.3) is 5.91 Å². The van der Waals surface area contributed by atoms with Crippen LogP contribution in [-0.2, 0) is 4.74 Å². The van der Waals surface area contributed by atoms with E-state index >= 15 is 0 Å². The van der Waals surface area contributed by atoms with Crippen LogP contribution in [0.4, 0.5) is 0 Å². The number of ether oxygens (including phenoxy) is 1. The van der Waals surface area contributed by atoms with Crippen molar-refractivity contribution in [3.05, 3.63) is 17.5 Å². The lowest BCUT2D eigenvalue weighted by Gasteiger charge is -2.17. The first kappa shape index (κ1) is 11.3. The molecule has 0 radical (unpaired) electrons. The number of rotatable bonds is 2. The van der Waals surface area contributed by atoms with Crippen LogP contribution in [0.1, 0.15) is 47.8 Å². The molecular formula is C15H19N3O2. The zero-order valence-electron chi connectivity index (χ0n) is 11.4. The number of carbonyl (C=O) groups excluding carboxylic acids is 1. The van der Waals surface area contributed by atoms with Crippen molar-refractivity contribution in [2.75, 3.05) is 13.1 Å². The molecule has 2 bridgehead atoms. The van der Waals surface area contributed by atoms with Gasteiger partial charge in [0.1, 0.15) is 5.69 Å². The van der Waals surface area contributed by atoms with Gasteiger partial charge in [-0.15, -0.1) is 0 Å². The van der Waals surface area contributed by atoms with Gasteiger partial charge < -0.3 is 9.64 Å². The Bertz CT molecular complexity index is 547. The molecule has 1 aromatic heterocycles. The van der Waals surface area contributed by atoms with E-state index in [0.29, 0.717) is 35.7 Å². The van der Waals surface area contributed by atoms with Gasteiger partial charge in [0.2, 0.25) is 0 Å². The third kappa shape index (κ3) is 1.53. The summed E-state index contributed by atoms with van der Waals surface area (Å²) in [5, 5.41) is 7.25. The molecule has 1 aromatic rings. The minimum atomic E-state index is 0.0990. The molecule has 20 heavy (non-hydrogen) atoms. The highest BCUT2D eigenvalue weighted by atomic mass is 16.5. The summed E-state index contributed by atoms with van der Waals surface area (Å²) in [7, 11) is 0. The van der Waals surface area contributed by atoms with E-state index in [1.54, 1.807) is 0 Å². The molecule has 3 saturated heterocycles. The molecule has 5 nitrogen and oxygen atoms in total. The lowest BCUT2D eigenvalue weighted by Crippen LogP contribution is -2.31. The Balaban J connectivity index is 1.34. The molecule has 1 saturated carbocycles. The van der Waals surface area contributed by atoms with Gasteiger partial charge in [0, 0.05) is 36.5 Å². The van der Waals surface area contributed by atoms with Gasteiger partial charge in [-0.3, -0.25) is 9.89 Å². The van der Waals surface area contributed by atoms with Crippen molar-refractivity contribution >= 4 is 5.91 Å². The Labute approximate surface area is 117 Å². The number of hydrogen-bond acceptors (Lipinski definition) is 3. The molecule has 1 aliphatic carbocycles. The number of amides is 1. The summed E-state index contributed by atoms with van der Waals surface area (Å²) >= 11 is 0. The topological polar surface area (TPSA) is 58.2 Å². The molecule has 5 heteroatoms. The van der Waals surface area contributed by atoms with E-state index in [-0.39, 0.29) is 5.91 Å². The first-order valence-corrected chi connectivity index (χ1v) is 7.79. The minimum Gasteiger partial charge on any atom is -0.374 e. The summed E-state index contributed by atoms with van der Waals surface area (Å²) in [4.78, 5) is 14.6. The predicted molar refractivity (Wildman–Crippen MR) is 71.3 cm³/mol. The lowest BCUT2D eigenvalue weighted by atomic mass is 9.82. The largest absolute Gasteiger partial charge is 0.374 e. The first-order valence-electron chi connectivity index (χ1n) is 7.79. The van der Waals surface area contributed by atoms with Crippen molar-refractivity contribution in [3.63, 3.8) is 0 Å². The summed E-state index contributed by atoms with van der Waals surface area (Å²) in [6, 6.07) is 1.96. The molecule has 4 atom stereocenters. The third-order valence-corrected chi connectivity index (χ3v) is 5.57. The molecule has 5 rings (SSSR count). The molecule has 4 heterocycles. The fraction of sp³-hybridized carbons (Fsp3) is 0.733. The Morgan fingerprint density at radius 3 is 2.55 bits per heavy atom. The average Bonchev–Trinajstić information content (AvgIpc) is 2.94. The number of aromatic nitrogens is 2. The Kier molecular flexibility index (Phi) is 2.18. The second kappa shape index (κ2) is 3.85. The maximum atomic E-state index is 12.6. The molecule has 1 amide bonds. The Morgan fingerprint density at radius 2 is 1.90 bits per heavy atom. The summed E-state index contributed by atoms with van der Waals surface area (Å²) in [6.07, 6.45) is 5.63. The third-order valence-electron chi connectivity index (χ3n) is 5.57. The quantitative estimate of drug-likeness (QED) is 0.889. The van der Waals surface area contributed by atoms with E-state index in [9.17, 15) is 4.79 Å². The fourth-order valence-corrected chi connectivity index (χ4v) is 4.34. The number of likely N-dealkylation sites (tertiary alicyclic amines) is 1. The highest BCUT2D eigenvalue weighted by Crippen LogP contribution is 2.47. The highest BCUT2D eigenvalue weighted by molar-refractivity contribution is 5.92. The predicted octanol–water partition coefficient (Wildman–Crippen LogP) is 1.54. The maximum Gasteiger partial charge on any atom is 0.274 e. The van der Waals surface area contributed by atoms with Gasteiger partial charge in [-0.05, 0) is 31.7 Å². The van der Waals surface area contributed by atoms with Crippen LogP contribution in [0, 0.1) is 11.8 Å². The molecule has 0 spiro atoms.